The van der Waals surface area contributed by atoms with Crippen LogP contribution in [0.4, 0.5) is 30.6 Å². The molecule has 2 saturated heterocycles. The third-order valence-electron chi connectivity index (χ3n) is 8.24. The lowest BCUT2D eigenvalue weighted by Crippen LogP contribution is -2.44. The summed E-state index contributed by atoms with van der Waals surface area (Å²) in [6, 6.07) is 4.78. The van der Waals surface area contributed by atoms with Crippen LogP contribution in [-0.4, -0.2) is 82.2 Å². The molecule has 0 spiro atoms. The molecule has 0 unspecified atom stereocenters. The summed E-state index contributed by atoms with van der Waals surface area (Å²) in [5.41, 5.74) is 0.658. The van der Waals surface area contributed by atoms with Gasteiger partial charge in [0.05, 0.1) is 22.5 Å². The monoisotopic (exact) mass is 587 g/mol. The number of nitrogens with one attached hydrogen (secondary N) is 1. The average Bonchev–Trinajstić information content (AvgIpc) is 3.43. The van der Waals surface area contributed by atoms with Crippen molar-refractivity contribution in [1.82, 2.24) is 24.8 Å². The van der Waals surface area contributed by atoms with Crippen molar-refractivity contribution in [2.45, 2.75) is 48.3 Å². The molecule has 2 atom stereocenters. The van der Waals surface area contributed by atoms with E-state index in [1.807, 2.05) is 0 Å². The zero-order valence-corrected chi connectivity index (χ0v) is 23.7. The number of aromatic nitrogens is 3. The van der Waals surface area contributed by atoms with Crippen molar-refractivity contribution < 1.29 is 18.0 Å². The van der Waals surface area contributed by atoms with Crippen LogP contribution in [0, 0.1) is 0 Å². The number of hydrogen-bond donors (Lipinski definition) is 1. The number of thiophene rings is 1. The number of thioether (sulfide) groups is 1. The van der Waals surface area contributed by atoms with Crippen LogP contribution in [0.15, 0.2) is 29.4 Å². The quantitative estimate of drug-likeness (QED) is 0.431. The summed E-state index contributed by atoms with van der Waals surface area (Å²) in [5, 5.41) is 3.17. The molecule has 0 aromatic carbocycles. The van der Waals surface area contributed by atoms with Crippen molar-refractivity contribution in [2.24, 2.45) is 0 Å². The Hall–Kier alpha value is -2.90. The van der Waals surface area contributed by atoms with Gasteiger partial charge in [-0.15, -0.1) is 23.1 Å². The van der Waals surface area contributed by atoms with Crippen molar-refractivity contribution >= 4 is 46.5 Å². The van der Waals surface area contributed by atoms with Crippen molar-refractivity contribution in [2.75, 3.05) is 49.7 Å². The van der Waals surface area contributed by atoms with Crippen LogP contribution in [0.5, 0.6) is 0 Å². The lowest BCUT2D eigenvalue weighted by atomic mass is 10.1. The number of hydrogen-bond acceptors (Lipinski definition) is 9. The summed E-state index contributed by atoms with van der Waals surface area (Å²) < 4.78 is 42.1. The van der Waals surface area contributed by atoms with E-state index in [1.54, 1.807) is 24.2 Å². The number of carbonyl (C=O) groups is 1. The van der Waals surface area contributed by atoms with Crippen LogP contribution in [0.25, 0.3) is 10.6 Å². The van der Waals surface area contributed by atoms with Gasteiger partial charge in [-0.05, 0) is 49.9 Å². The third kappa shape index (κ3) is 4.61. The molecule has 40 heavy (non-hydrogen) atoms. The minimum Gasteiger partial charge on any atom is -0.351 e. The van der Waals surface area contributed by atoms with E-state index in [0.29, 0.717) is 50.6 Å². The van der Waals surface area contributed by atoms with Gasteiger partial charge in [0.2, 0.25) is 5.95 Å². The van der Waals surface area contributed by atoms with Crippen LogP contribution in [0.1, 0.15) is 46.0 Å². The largest absolute Gasteiger partial charge is 0.420 e. The van der Waals surface area contributed by atoms with Crippen LogP contribution in [-0.2, 0) is 6.18 Å². The fourth-order valence-electron chi connectivity index (χ4n) is 5.87. The van der Waals surface area contributed by atoms with Gasteiger partial charge in [0, 0.05) is 55.6 Å². The van der Waals surface area contributed by atoms with E-state index in [-0.39, 0.29) is 17.5 Å². The van der Waals surface area contributed by atoms with Crippen LogP contribution in [0.2, 0.25) is 0 Å². The van der Waals surface area contributed by atoms with Gasteiger partial charge < -0.3 is 15.1 Å². The molecule has 13 heteroatoms. The Bertz CT molecular complexity index is 1490. The number of rotatable bonds is 5. The fraction of sp³-hybridized carbons (Fsp3) is 0.481. The van der Waals surface area contributed by atoms with E-state index < -0.39 is 11.7 Å². The Morgan fingerprint density at radius 3 is 2.60 bits per heavy atom. The Kier molecular flexibility index (Phi) is 6.24. The Morgan fingerprint density at radius 1 is 1.07 bits per heavy atom. The smallest absolute Gasteiger partial charge is 0.351 e. The molecule has 1 amide bonds. The number of nitrogens with zero attached hydrogens (tertiary/aromatic N) is 6. The highest BCUT2D eigenvalue weighted by molar-refractivity contribution is 7.99. The first-order valence-electron chi connectivity index (χ1n) is 13.4. The summed E-state index contributed by atoms with van der Waals surface area (Å²) in [6.45, 7) is 2.57. The average molecular weight is 588 g/mol. The molecule has 8 nitrogen and oxygen atoms in total. The molecule has 0 radical (unpaired) electrons. The molecule has 1 saturated carbocycles. The standard InChI is InChI=1S/C27H28F3N7OS2/c1-35-5-6-39-21-9-20(40-24(21)25(35)38)23-18(27(28,29)30)10-32-26(34-23)33-19-11-31-22(8-17(19)14-3-4-14)37-13-15-7-16(37)12-36(15)2/h8-11,14-16H,3-7,12-13H2,1-2H3,(H,32,33,34)/t15-,16-/m1/s1. The van der Waals surface area contributed by atoms with Crippen molar-refractivity contribution in [3.8, 4) is 10.6 Å². The van der Waals surface area contributed by atoms with Gasteiger partial charge >= 0.3 is 6.18 Å². The lowest BCUT2D eigenvalue weighted by Gasteiger charge is -2.33. The second-order valence-corrected chi connectivity index (χ2v) is 13.2. The Morgan fingerprint density at radius 2 is 1.90 bits per heavy atom. The highest BCUT2D eigenvalue weighted by atomic mass is 32.2. The summed E-state index contributed by atoms with van der Waals surface area (Å²) in [6.07, 6.45) is 1.21. The van der Waals surface area contributed by atoms with Gasteiger partial charge in [0.25, 0.3) is 5.91 Å². The number of halogens is 3. The van der Waals surface area contributed by atoms with Crippen molar-refractivity contribution in [1.29, 1.82) is 0 Å². The third-order valence-corrected chi connectivity index (χ3v) is 10.5. The Balaban J connectivity index is 1.22. The summed E-state index contributed by atoms with van der Waals surface area (Å²) in [5.74, 6) is 1.90. The normalized spacial score (nSPS) is 23.1. The molecular formula is C27H28F3N7OS2. The number of amides is 1. The van der Waals surface area contributed by atoms with Gasteiger partial charge in [-0.3, -0.25) is 9.69 Å². The van der Waals surface area contributed by atoms with E-state index in [9.17, 15) is 18.0 Å². The highest BCUT2D eigenvalue weighted by Gasteiger charge is 2.42. The molecule has 3 aliphatic heterocycles. The number of carbonyl (C=O) groups excluding carboxylic acids is 1. The minimum absolute atomic E-state index is 0.0704. The number of anilines is 3. The zero-order valence-electron chi connectivity index (χ0n) is 22.0. The first-order chi connectivity index (χ1) is 19.2. The van der Waals surface area contributed by atoms with E-state index in [4.69, 9.17) is 4.98 Å². The maximum absolute atomic E-state index is 14.0. The number of likely N-dealkylation sites (tertiary alicyclic amines) is 1. The summed E-state index contributed by atoms with van der Waals surface area (Å²) in [7, 11) is 3.87. The SMILES string of the molecule is CN1CCSc2cc(-c3nc(Nc4cnc(N5C[C@H]6C[C@@H]5CN6C)cc4C4CC4)ncc3C(F)(F)F)sc2C1=O. The predicted octanol–water partition coefficient (Wildman–Crippen LogP) is 5.31. The van der Waals surface area contributed by atoms with Crippen LogP contribution >= 0.6 is 23.1 Å². The van der Waals surface area contributed by atoms with Crippen molar-refractivity contribution in [3.63, 3.8) is 0 Å². The summed E-state index contributed by atoms with van der Waals surface area (Å²) >= 11 is 2.52. The molecule has 6 heterocycles. The molecule has 2 bridgehead atoms. The van der Waals surface area contributed by atoms with Crippen LogP contribution < -0.4 is 10.2 Å². The Labute approximate surface area is 238 Å². The molecule has 4 aliphatic rings. The molecule has 7 rings (SSSR count). The number of alkyl halides is 3. The minimum atomic E-state index is -4.64. The summed E-state index contributed by atoms with van der Waals surface area (Å²) in [4.78, 5) is 33.8. The van der Waals surface area contributed by atoms with E-state index in [2.05, 4.69) is 38.2 Å². The van der Waals surface area contributed by atoms with Gasteiger partial charge in [0.1, 0.15) is 16.3 Å². The van der Waals surface area contributed by atoms with Gasteiger partial charge in [-0.25, -0.2) is 15.0 Å². The molecular weight excluding hydrogens is 559 g/mol. The van der Waals surface area contributed by atoms with E-state index in [0.717, 1.165) is 61.3 Å². The molecule has 1 aliphatic carbocycles. The number of pyridine rings is 1. The second kappa shape index (κ2) is 9.59. The first kappa shape index (κ1) is 26.0. The fourth-order valence-corrected chi connectivity index (χ4v) is 8.30. The zero-order chi connectivity index (χ0) is 27.8. The molecule has 3 aromatic heterocycles. The predicted molar refractivity (Wildman–Crippen MR) is 150 cm³/mol. The lowest BCUT2D eigenvalue weighted by molar-refractivity contribution is -0.137. The molecule has 1 N–H and O–H groups in total. The van der Waals surface area contributed by atoms with Gasteiger partial charge in [-0.2, -0.15) is 13.2 Å². The van der Waals surface area contributed by atoms with Gasteiger partial charge in [-0.1, -0.05) is 0 Å². The maximum atomic E-state index is 14.0. The molecule has 210 valence electrons. The van der Waals surface area contributed by atoms with Crippen molar-refractivity contribution in [3.05, 3.63) is 40.5 Å². The molecule has 3 aromatic rings. The number of piperazine rings is 1. The highest BCUT2D eigenvalue weighted by Crippen LogP contribution is 2.46. The molecule has 3 fully saturated rings. The van der Waals surface area contributed by atoms with Crippen LogP contribution in [0.3, 0.4) is 0 Å². The van der Waals surface area contributed by atoms with E-state index >= 15 is 0 Å². The number of fused-ring (bicyclic) bond motifs is 3. The first-order valence-corrected chi connectivity index (χ1v) is 15.2. The topological polar surface area (TPSA) is 77.5 Å². The van der Waals surface area contributed by atoms with Gasteiger partial charge in [0.15, 0.2) is 0 Å². The van der Waals surface area contributed by atoms with E-state index in [1.165, 1.54) is 11.8 Å². The maximum Gasteiger partial charge on any atom is 0.420 e. The second-order valence-electron chi connectivity index (χ2n) is 11.0. The number of likely N-dealkylation sites (N-methyl/N-ethyl adjacent to an activating group) is 1.